The molecule has 0 radical (unpaired) electrons. The Balaban J connectivity index is 1.18. The highest BCUT2D eigenvalue weighted by atomic mass is 16.5. The van der Waals surface area contributed by atoms with Gasteiger partial charge in [-0.15, -0.1) is 0 Å². The van der Waals surface area contributed by atoms with Crippen molar-refractivity contribution in [1.82, 2.24) is 0 Å². The van der Waals surface area contributed by atoms with Crippen molar-refractivity contribution < 1.29 is 9.47 Å². The number of hydrogen-bond acceptors (Lipinski definition) is 4. The topological polar surface area (TPSA) is 24.9 Å². The second kappa shape index (κ2) is 16.6. The molecule has 4 aliphatic rings. The van der Waals surface area contributed by atoms with Gasteiger partial charge in [0.15, 0.2) is 0 Å². The van der Waals surface area contributed by atoms with E-state index in [1.165, 1.54) is 22.0 Å². The highest BCUT2D eigenvalue weighted by Crippen LogP contribution is 2.57. The van der Waals surface area contributed by atoms with Crippen molar-refractivity contribution in [2.24, 2.45) is 0 Å². The van der Waals surface area contributed by atoms with E-state index in [9.17, 15) is 0 Å². The quantitative estimate of drug-likeness (QED) is 0.161. The zero-order valence-corrected chi connectivity index (χ0v) is 41.9. The molecule has 0 saturated carbocycles. The van der Waals surface area contributed by atoms with Gasteiger partial charge in [0, 0.05) is 67.3 Å². The minimum absolute atomic E-state index is 0.239. The number of anilines is 6. The van der Waals surface area contributed by atoms with Gasteiger partial charge in [0.1, 0.15) is 23.0 Å². The van der Waals surface area contributed by atoms with E-state index in [4.69, 9.17) is 9.47 Å². The molecule has 0 aromatic heterocycles. The largest absolute Gasteiger partial charge is 0.456 e. The maximum absolute atomic E-state index is 7.20. The number of para-hydroxylation sites is 6. The molecule has 75 heavy (non-hydrogen) atoms. The molecule has 11 aromatic rings. The van der Waals surface area contributed by atoms with E-state index in [-0.39, 0.29) is 12.1 Å². The van der Waals surface area contributed by atoms with E-state index < -0.39 is 0 Å². The summed E-state index contributed by atoms with van der Waals surface area (Å²) < 4.78 is 14.4. The molecule has 0 N–H and O–H groups in total. The highest BCUT2D eigenvalue weighted by molar-refractivity contribution is 7.00. The molecule has 15 rings (SSSR count). The summed E-state index contributed by atoms with van der Waals surface area (Å²) in [7, 11) is 0. The first-order valence-corrected chi connectivity index (χ1v) is 26.0. The number of nitrogens with zero attached hydrogens (tertiary/aromatic N) is 2. The molecule has 0 bridgehead atoms. The summed E-state index contributed by atoms with van der Waals surface area (Å²) >= 11 is 0. The summed E-state index contributed by atoms with van der Waals surface area (Å²) in [5.41, 5.74) is 24.5. The molecule has 11 aromatic carbocycles. The van der Waals surface area contributed by atoms with E-state index in [2.05, 4.69) is 273 Å². The first-order chi connectivity index (χ1) is 36.9. The van der Waals surface area contributed by atoms with Gasteiger partial charge in [-0.1, -0.05) is 203 Å². The summed E-state index contributed by atoms with van der Waals surface area (Å²) in [4.78, 5) is 5.24. The Hall–Kier alpha value is -9.32. The van der Waals surface area contributed by atoms with Crippen LogP contribution in [0.25, 0.3) is 66.8 Å². The van der Waals surface area contributed by atoms with Gasteiger partial charge in [0.25, 0.3) is 6.71 Å². The van der Waals surface area contributed by atoms with Crippen LogP contribution in [0.3, 0.4) is 0 Å². The minimum atomic E-state index is -0.241. The SMILES string of the molecule is CC(C)(C)c1cc2c3c(c1)N1c4ccccc4-c4ccccc4Oc4ccccc4-c4cc(-c5ccccc5)cc(c41)B3c1cc(-c3ccccc3)cc3c1N2c1ccccc1-c1ccccc1Oc1ccccc1-3. The summed E-state index contributed by atoms with van der Waals surface area (Å²) in [6, 6.07) is 88.7. The van der Waals surface area contributed by atoms with Crippen LogP contribution in [-0.2, 0) is 5.41 Å². The van der Waals surface area contributed by atoms with Crippen LogP contribution < -0.4 is 35.7 Å². The normalized spacial score (nSPS) is 13.1. The average Bonchev–Trinajstić information content (AvgIpc) is 3.58. The summed E-state index contributed by atoms with van der Waals surface area (Å²) in [6.45, 7) is 6.81. The molecule has 0 unspecified atom stereocenters. The molecule has 5 heteroatoms. The lowest BCUT2D eigenvalue weighted by molar-refractivity contribution is 0.486. The Morgan fingerprint density at radius 1 is 0.307 bits per heavy atom. The van der Waals surface area contributed by atoms with Crippen molar-refractivity contribution in [2.45, 2.75) is 26.2 Å². The van der Waals surface area contributed by atoms with Gasteiger partial charge in [-0.3, -0.25) is 0 Å². The third-order valence-corrected chi connectivity index (χ3v) is 15.8. The van der Waals surface area contributed by atoms with Gasteiger partial charge in [0.2, 0.25) is 0 Å². The van der Waals surface area contributed by atoms with Crippen molar-refractivity contribution in [3.05, 3.63) is 248 Å². The van der Waals surface area contributed by atoms with Crippen LogP contribution in [0.1, 0.15) is 26.3 Å². The second-order valence-electron chi connectivity index (χ2n) is 21.2. The van der Waals surface area contributed by atoms with Crippen LogP contribution in [0.2, 0.25) is 0 Å². The van der Waals surface area contributed by atoms with E-state index in [1.54, 1.807) is 0 Å². The minimum Gasteiger partial charge on any atom is -0.456 e. The standard InChI is InChI=1S/C70H49BN2O2/c1-70(2,3)48-42-61-67-62(43-48)73-60-33-17-11-27-50(60)52-29-13-19-35-64(52)75-66-37-21-15-31-54(66)56-39-47(45-24-8-5-9-25-45)41-58(69(56)73)71(67)57-40-46(44-22-6-4-7-23-44)38-55-53-30-14-20-36-65(53)74-63-34-18-12-28-51(63)49-26-10-16-32-59(49)72(61)68(55)57/h4-43H,1-3H3. The Bertz CT molecular complexity index is 3880. The molecular weight excluding hydrogens is 912 g/mol. The predicted octanol–water partition coefficient (Wildman–Crippen LogP) is 17.3. The van der Waals surface area contributed by atoms with Crippen LogP contribution in [0.15, 0.2) is 243 Å². The Morgan fingerprint density at radius 2 is 0.640 bits per heavy atom. The molecule has 4 nitrogen and oxygen atoms in total. The van der Waals surface area contributed by atoms with Gasteiger partial charge < -0.3 is 19.3 Å². The number of rotatable bonds is 2. The van der Waals surface area contributed by atoms with Crippen molar-refractivity contribution in [2.75, 3.05) is 9.80 Å². The maximum Gasteiger partial charge on any atom is 0.252 e. The molecule has 0 saturated heterocycles. The highest BCUT2D eigenvalue weighted by Gasteiger charge is 2.47. The molecule has 0 fully saturated rings. The fourth-order valence-corrected chi connectivity index (χ4v) is 12.3. The van der Waals surface area contributed by atoms with Crippen molar-refractivity contribution in [3.63, 3.8) is 0 Å². The van der Waals surface area contributed by atoms with Gasteiger partial charge in [-0.25, -0.2) is 0 Å². The predicted molar refractivity (Wildman–Crippen MR) is 312 cm³/mol. The molecule has 0 aliphatic carbocycles. The number of benzene rings is 11. The summed E-state index contributed by atoms with van der Waals surface area (Å²) in [5.74, 6) is 3.23. The average molecular weight is 961 g/mol. The second-order valence-corrected chi connectivity index (χ2v) is 21.2. The fraction of sp³-hybridized carbons (Fsp3) is 0.0571. The molecule has 4 aliphatic heterocycles. The van der Waals surface area contributed by atoms with E-state index >= 15 is 0 Å². The van der Waals surface area contributed by atoms with E-state index in [0.29, 0.717) is 0 Å². The zero-order valence-electron chi connectivity index (χ0n) is 41.9. The molecule has 0 amide bonds. The molecular formula is C70H49BN2O2. The van der Waals surface area contributed by atoms with Gasteiger partial charge >= 0.3 is 0 Å². The molecule has 354 valence electrons. The van der Waals surface area contributed by atoms with Crippen LogP contribution in [0.4, 0.5) is 34.1 Å². The molecule has 4 heterocycles. The summed E-state index contributed by atoms with van der Waals surface area (Å²) in [6.07, 6.45) is 0. The molecule has 0 spiro atoms. The van der Waals surface area contributed by atoms with Crippen LogP contribution in [0.5, 0.6) is 23.0 Å². The van der Waals surface area contributed by atoms with Crippen LogP contribution in [0, 0.1) is 0 Å². The van der Waals surface area contributed by atoms with E-state index in [1.807, 2.05) is 0 Å². The van der Waals surface area contributed by atoms with Crippen LogP contribution >= 0.6 is 0 Å². The monoisotopic (exact) mass is 960 g/mol. The number of fused-ring (bicyclic) bond motifs is 16. The fourth-order valence-electron chi connectivity index (χ4n) is 12.3. The van der Waals surface area contributed by atoms with E-state index in [0.717, 1.165) is 124 Å². The lowest BCUT2D eigenvalue weighted by atomic mass is 9.32. The van der Waals surface area contributed by atoms with Crippen molar-refractivity contribution in [1.29, 1.82) is 0 Å². The Labute approximate surface area is 438 Å². The summed E-state index contributed by atoms with van der Waals surface area (Å²) in [5, 5.41) is 0. The third-order valence-electron chi connectivity index (χ3n) is 15.8. The zero-order chi connectivity index (χ0) is 49.9. The van der Waals surface area contributed by atoms with Crippen LogP contribution in [-0.4, -0.2) is 6.71 Å². The smallest absolute Gasteiger partial charge is 0.252 e. The van der Waals surface area contributed by atoms with Crippen molar-refractivity contribution >= 4 is 57.2 Å². The van der Waals surface area contributed by atoms with Crippen molar-refractivity contribution in [3.8, 4) is 89.8 Å². The first kappa shape index (κ1) is 43.3. The third kappa shape index (κ3) is 6.71. The van der Waals surface area contributed by atoms with Gasteiger partial charge in [-0.05, 0) is 110 Å². The Morgan fingerprint density at radius 3 is 1.03 bits per heavy atom. The lowest BCUT2D eigenvalue weighted by Crippen LogP contribution is -2.62. The number of ether oxygens (including phenoxy) is 2. The number of hydrogen-bond donors (Lipinski definition) is 0. The first-order valence-electron chi connectivity index (χ1n) is 26.0. The maximum atomic E-state index is 7.20. The van der Waals surface area contributed by atoms with Gasteiger partial charge in [-0.2, -0.15) is 0 Å². The lowest BCUT2D eigenvalue weighted by Gasteiger charge is -2.47. The van der Waals surface area contributed by atoms with Gasteiger partial charge in [0.05, 0.1) is 11.4 Å². The molecule has 0 atom stereocenters. The Kier molecular flexibility index (Phi) is 9.58.